The van der Waals surface area contributed by atoms with Gasteiger partial charge in [-0.15, -0.1) is 0 Å². The molecule has 1 nitrogen and oxygen atoms in total. The van der Waals surface area contributed by atoms with E-state index in [1.807, 2.05) is 0 Å². The van der Waals surface area contributed by atoms with E-state index in [0.29, 0.717) is 0 Å². The summed E-state index contributed by atoms with van der Waals surface area (Å²) in [7, 11) is 0. The molecule has 0 bridgehead atoms. The molecule has 1 aliphatic rings. The second-order valence-corrected chi connectivity index (χ2v) is 15.4. The maximum atomic E-state index is 5.47. The maximum Gasteiger partial charge on any atom is 0.0788 e. The van der Waals surface area contributed by atoms with E-state index in [-0.39, 0.29) is 0 Å². The van der Waals surface area contributed by atoms with Crippen LogP contribution >= 0.6 is 0 Å². The fourth-order valence-corrected chi connectivity index (χ4v) is 10.0. The van der Waals surface area contributed by atoms with Crippen molar-refractivity contribution < 1.29 is 0 Å². The Morgan fingerprint density at radius 3 is 1.51 bits per heavy atom. The lowest BCUT2D eigenvalue weighted by molar-refractivity contribution is 0.769. The molecule has 0 aliphatic heterocycles. The largest absolute Gasteiger partial charge is 0.247 e. The molecule has 1 aromatic heterocycles. The van der Waals surface area contributed by atoms with Gasteiger partial charge in [0.25, 0.3) is 0 Å². The molecule has 264 valence electrons. The number of aromatic nitrogens is 1. The first kappa shape index (κ1) is 31.9. The molecule has 1 heteroatoms. The van der Waals surface area contributed by atoms with E-state index in [2.05, 4.69) is 212 Å². The number of rotatable bonds is 4. The lowest BCUT2D eigenvalue weighted by Gasteiger charge is -2.34. The first-order valence-electron chi connectivity index (χ1n) is 19.8. The molecule has 0 unspecified atom stereocenters. The summed E-state index contributed by atoms with van der Waals surface area (Å²) in [5.74, 6) is 0. The molecule has 0 atom stereocenters. The smallest absolute Gasteiger partial charge is 0.0788 e. The fraction of sp³-hybridized carbons (Fsp3) is 0.0179. The van der Waals surface area contributed by atoms with E-state index in [0.717, 1.165) is 27.5 Å². The van der Waals surface area contributed by atoms with E-state index >= 15 is 0 Å². The number of benzene rings is 10. The van der Waals surface area contributed by atoms with Gasteiger partial charge in [0.1, 0.15) is 0 Å². The third kappa shape index (κ3) is 4.60. The molecule has 0 spiro atoms. The van der Waals surface area contributed by atoms with Crippen LogP contribution in [0.3, 0.4) is 0 Å². The molecule has 0 saturated heterocycles. The van der Waals surface area contributed by atoms with Gasteiger partial charge in [-0.3, -0.25) is 0 Å². The molecule has 10 aromatic carbocycles. The quantitative estimate of drug-likeness (QED) is 0.165. The Hall–Kier alpha value is -7.35. The number of pyridine rings is 1. The Labute approximate surface area is 331 Å². The SMILES string of the molecule is c1ccc(C2(c3ccccc3)c3ccccc3-c3cc4c(-c5cccc(-c6ccc7c8ccccc8c8ccccc8c7c6)c5)nc5ccccc5c4cc32)cc1. The topological polar surface area (TPSA) is 12.9 Å². The predicted molar refractivity (Wildman–Crippen MR) is 240 cm³/mol. The van der Waals surface area contributed by atoms with E-state index in [1.54, 1.807) is 0 Å². The number of nitrogens with zero attached hydrogens (tertiary/aromatic N) is 1. The molecule has 57 heavy (non-hydrogen) atoms. The Kier molecular flexibility index (Phi) is 6.91. The summed E-state index contributed by atoms with van der Waals surface area (Å²) >= 11 is 0. The average molecular weight is 722 g/mol. The summed E-state index contributed by atoms with van der Waals surface area (Å²) in [6, 6.07) is 78.2. The van der Waals surface area contributed by atoms with Gasteiger partial charge in [0, 0.05) is 16.3 Å². The van der Waals surface area contributed by atoms with Gasteiger partial charge in [-0.25, -0.2) is 4.98 Å². The highest BCUT2D eigenvalue weighted by Gasteiger charge is 2.46. The highest BCUT2D eigenvalue weighted by Crippen LogP contribution is 2.57. The summed E-state index contributed by atoms with van der Waals surface area (Å²) in [4.78, 5) is 5.47. The monoisotopic (exact) mass is 721 g/mol. The van der Waals surface area contributed by atoms with E-state index < -0.39 is 5.41 Å². The lowest BCUT2D eigenvalue weighted by atomic mass is 9.67. The van der Waals surface area contributed by atoms with Crippen molar-refractivity contribution >= 4 is 54.0 Å². The van der Waals surface area contributed by atoms with E-state index in [1.165, 1.54) is 82.2 Å². The van der Waals surface area contributed by atoms with Crippen LogP contribution in [0, 0.1) is 0 Å². The van der Waals surface area contributed by atoms with Crippen LogP contribution in [-0.4, -0.2) is 4.98 Å². The maximum absolute atomic E-state index is 5.47. The van der Waals surface area contributed by atoms with Crippen LogP contribution in [0.5, 0.6) is 0 Å². The van der Waals surface area contributed by atoms with Gasteiger partial charge in [0.2, 0.25) is 0 Å². The minimum absolute atomic E-state index is 0.474. The van der Waals surface area contributed by atoms with E-state index in [4.69, 9.17) is 4.98 Å². The number of para-hydroxylation sites is 1. The van der Waals surface area contributed by atoms with Crippen LogP contribution < -0.4 is 0 Å². The van der Waals surface area contributed by atoms with Gasteiger partial charge in [0.15, 0.2) is 0 Å². The van der Waals surface area contributed by atoms with Crippen LogP contribution in [0.25, 0.3) is 87.5 Å². The summed E-state index contributed by atoms with van der Waals surface area (Å²) < 4.78 is 0. The lowest BCUT2D eigenvalue weighted by Crippen LogP contribution is -2.28. The van der Waals surface area contributed by atoms with Crippen molar-refractivity contribution in [1.82, 2.24) is 4.98 Å². The van der Waals surface area contributed by atoms with Gasteiger partial charge in [-0.2, -0.15) is 0 Å². The Morgan fingerprint density at radius 1 is 0.281 bits per heavy atom. The molecule has 12 rings (SSSR count). The van der Waals surface area contributed by atoms with Crippen molar-refractivity contribution in [2.24, 2.45) is 0 Å². The highest BCUT2D eigenvalue weighted by molar-refractivity contribution is 6.25. The molecule has 0 fully saturated rings. The minimum Gasteiger partial charge on any atom is -0.247 e. The zero-order valence-corrected chi connectivity index (χ0v) is 31.2. The van der Waals surface area contributed by atoms with Crippen LogP contribution in [0.15, 0.2) is 212 Å². The third-order valence-corrected chi connectivity index (χ3v) is 12.5. The van der Waals surface area contributed by atoms with Gasteiger partial charge >= 0.3 is 0 Å². The molecule has 0 radical (unpaired) electrons. The molecule has 0 saturated carbocycles. The normalized spacial score (nSPS) is 13.1. The van der Waals surface area contributed by atoms with Crippen molar-refractivity contribution in [3.05, 3.63) is 235 Å². The molecule has 0 amide bonds. The summed E-state index contributed by atoms with van der Waals surface area (Å²) in [5.41, 5.74) is 12.7. The molecular weight excluding hydrogens is 687 g/mol. The third-order valence-electron chi connectivity index (χ3n) is 12.5. The average Bonchev–Trinajstić information content (AvgIpc) is 3.58. The summed E-state index contributed by atoms with van der Waals surface area (Å²) in [6.07, 6.45) is 0. The molecule has 0 N–H and O–H groups in total. The van der Waals surface area contributed by atoms with Crippen molar-refractivity contribution in [3.8, 4) is 33.5 Å². The van der Waals surface area contributed by atoms with Gasteiger partial charge < -0.3 is 0 Å². The van der Waals surface area contributed by atoms with Gasteiger partial charge in [0.05, 0.1) is 16.6 Å². The van der Waals surface area contributed by atoms with Crippen LogP contribution in [0.1, 0.15) is 22.3 Å². The highest BCUT2D eigenvalue weighted by atomic mass is 14.7. The van der Waals surface area contributed by atoms with Crippen molar-refractivity contribution in [1.29, 1.82) is 0 Å². The van der Waals surface area contributed by atoms with Gasteiger partial charge in [-0.1, -0.05) is 182 Å². The second kappa shape index (κ2) is 12.3. The number of fused-ring (bicyclic) bond motifs is 12. The van der Waals surface area contributed by atoms with Gasteiger partial charge in [-0.05, 0) is 113 Å². The van der Waals surface area contributed by atoms with Crippen LogP contribution in [0.4, 0.5) is 0 Å². The Balaban J connectivity index is 1.11. The first-order chi connectivity index (χ1) is 28.3. The van der Waals surface area contributed by atoms with E-state index in [9.17, 15) is 0 Å². The molecular formula is C56H35N. The fourth-order valence-electron chi connectivity index (χ4n) is 10.0. The Bertz CT molecular complexity index is 3320. The first-order valence-corrected chi connectivity index (χ1v) is 19.8. The van der Waals surface area contributed by atoms with Crippen molar-refractivity contribution in [2.75, 3.05) is 0 Å². The standard InChI is InChI=1S/C56H35N/c1-3-18-39(19-4-1)56(40-20-5-2-6-21-40)52-28-13-11-26-46(52)50-34-51-49(35-53(50)56)47-27-12-14-29-54(47)57-55(51)38-17-15-16-36(32-38)37-30-31-45-43-24-8-7-22-41(43)42-23-9-10-25-44(42)48(45)33-37/h1-35H. The summed E-state index contributed by atoms with van der Waals surface area (Å²) in [6.45, 7) is 0. The minimum atomic E-state index is -0.474. The predicted octanol–water partition coefficient (Wildman–Crippen LogP) is 14.5. The van der Waals surface area contributed by atoms with Crippen LogP contribution in [-0.2, 0) is 5.41 Å². The molecule has 1 aliphatic carbocycles. The second-order valence-electron chi connectivity index (χ2n) is 15.4. The zero-order valence-electron chi connectivity index (χ0n) is 31.2. The molecule has 11 aromatic rings. The molecule has 1 heterocycles. The number of hydrogen-bond donors (Lipinski definition) is 0. The zero-order chi connectivity index (χ0) is 37.5. The Morgan fingerprint density at radius 2 is 0.807 bits per heavy atom. The van der Waals surface area contributed by atoms with Crippen molar-refractivity contribution in [2.45, 2.75) is 5.41 Å². The summed E-state index contributed by atoms with van der Waals surface area (Å²) in [5, 5.41) is 11.2. The van der Waals surface area contributed by atoms with Crippen LogP contribution in [0.2, 0.25) is 0 Å². The van der Waals surface area contributed by atoms with Crippen molar-refractivity contribution in [3.63, 3.8) is 0 Å². The number of hydrogen-bond acceptors (Lipinski definition) is 1.